The first-order chi connectivity index (χ1) is 22.3. The SMILES string of the molecule is CCC(C=O)C[N+]1(C)C2CC(F)(C2)C(=O)N[C@@H](C(C2CC2)C2CC2)C(=O)Nc2ccc(cc2F)[C@H](C)[C@@H]1C(=O)N1CCN(C)[C@H](C)C1. The first kappa shape index (κ1) is 34.0. The van der Waals surface area contributed by atoms with E-state index in [1.54, 1.807) is 6.07 Å². The number of quaternary nitrogens is 1. The predicted octanol–water partition coefficient (Wildman–Crippen LogP) is 3.88. The van der Waals surface area contributed by atoms with E-state index in [2.05, 4.69) is 22.5 Å². The Bertz CT molecular complexity index is 1380. The minimum atomic E-state index is -2.22. The molecule has 3 amide bonds. The molecule has 1 saturated heterocycles. The van der Waals surface area contributed by atoms with Gasteiger partial charge in [-0.15, -0.1) is 0 Å². The third kappa shape index (κ3) is 6.46. The van der Waals surface area contributed by atoms with Gasteiger partial charge >= 0.3 is 0 Å². The van der Waals surface area contributed by atoms with Crippen molar-refractivity contribution in [1.82, 2.24) is 15.1 Å². The van der Waals surface area contributed by atoms with Crippen LogP contribution >= 0.6 is 0 Å². The van der Waals surface area contributed by atoms with E-state index in [9.17, 15) is 19.2 Å². The summed E-state index contributed by atoms with van der Waals surface area (Å²) in [6.07, 6.45) is 5.03. The molecular formula is C36H52F2N5O4+. The summed E-state index contributed by atoms with van der Waals surface area (Å²) in [4.78, 5) is 58.7. The Kier molecular flexibility index (Phi) is 9.28. The average molecular weight is 657 g/mol. The molecule has 6 atom stereocenters. The molecule has 3 saturated carbocycles. The van der Waals surface area contributed by atoms with Gasteiger partial charge in [0.05, 0.1) is 31.2 Å². The van der Waals surface area contributed by atoms with Crippen LogP contribution in [0.2, 0.25) is 0 Å². The van der Waals surface area contributed by atoms with E-state index in [0.717, 1.165) is 32.0 Å². The fourth-order valence-electron chi connectivity index (χ4n) is 8.77. The molecule has 0 aromatic heterocycles. The van der Waals surface area contributed by atoms with Crippen LogP contribution < -0.4 is 10.6 Å². The smallest absolute Gasteiger partial charge is 0.281 e. The maximum atomic E-state index is 16.7. The fourth-order valence-corrected chi connectivity index (χ4v) is 8.77. The Morgan fingerprint density at radius 2 is 1.79 bits per heavy atom. The van der Waals surface area contributed by atoms with E-state index in [4.69, 9.17) is 0 Å². The van der Waals surface area contributed by atoms with Gasteiger partial charge in [-0.1, -0.05) is 19.9 Å². The van der Waals surface area contributed by atoms with Crippen molar-refractivity contribution in [3.8, 4) is 0 Å². The Morgan fingerprint density at radius 1 is 1.13 bits per heavy atom. The number of nitrogens with zero attached hydrogens (tertiary/aromatic N) is 3. The van der Waals surface area contributed by atoms with Crippen molar-refractivity contribution < 1.29 is 32.4 Å². The van der Waals surface area contributed by atoms with Crippen LogP contribution in [0, 0.1) is 29.5 Å². The summed E-state index contributed by atoms with van der Waals surface area (Å²) in [5, 5.41) is 5.54. The molecule has 4 fully saturated rings. The third-order valence-corrected chi connectivity index (χ3v) is 12.4. The van der Waals surface area contributed by atoms with Crippen LogP contribution in [0.25, 0.3) is 0 Å². The van der Waals surface area contributed by atoms with Crippen LogP contribution in [0.5, 0.6) is 0 Å². The second-order valence-corrected chi connectivity index (χ2v) is 15.6. The zero-order valence-electron chi connectivity index (χ0n) is 28.5. The van der Waals surface area contributed by atoms with Crippen molar-refractivity contribution in [2.75, 3.05) is 45.6 Å². The molecule has 11 heteroatoms. The molecule has 47 heavy (non-hydrogen) atoms. The molecule has 9 rings (SSSR count). The van der Waals surface area contributed by atoms with Crippen molar-refractivity contribution in [2.45, 2.75) is 101 Å². The van der Waals surface area contributed by atoms with Crippen molar-refractivity contribution in [2.24, 2.45) is 23.7 Å². The lowest BCUT2D eigenvalue weighted by atomic mass is 9.72. The number of hydrogen-bond acceptors (Lipinski definition) is 5. The highest BCUT2D eigenvalue weighted by molar-refractivity contribution is 5.99. The minimum Gasteiger partial charge on any atom is -0.341 e. The standard InChI is InChI=1S/C36H51F2N5O4/c1-6-23(20-44)19-43(5)27-16-36(38,17-27)35(47)40-31(30(24-7-8-24)25-9-10-25)33(45)39-29-12-11-26(15-28(29)37)22(3)32(43)34(46)42-14-13-41(4)21(2)18-42/h11-12,15,20-25,27,30-32H,6-10,13-14,16-19H2,1-5H3,(H-,39,40,45,47)/p+1/t21-,22+,23?,27?,31+,32-,36?,43?/m1/s1. The molecule has 258 valence electrons. The number of rotatable bonds is 8. The van der Waals surface area contributed by atoms with Crippen LogP contribution in [-0.2, 0) is 19.2 Å². The van der Waals surface area contributed by atoms with Gasteiger partial charge in [0.1, 0.15) is 18.1 Å². The number of benzene rings is 1. The van der Waals surface area contributed by atoms with Crippen molar-refractivity contribution in [1.29, 1.82) is 0 Å². The van der Waals surface area contributed by atoms with E-state index in [1.807, 2.05) is 32.8 Å². The molecule has 8 aliphatic rings. The molecule has 2 unspecified atom stereocenters. The molecule has 9 nitrogen and oxygen atoms in total. The molecule has 1 aromatic rings. The van der Waals surface area contributed by atoms with E-state index in [-0.39, 0.29) is 58.6 Å². The van der Waals surface area contributed by atoms with Crippen LogP contribution in [0.15, 0.2) is 18.2 Å². The van der Waals surface area contributed by atoms with Gasteiger partial charge < -0.3 is 29.7 Å². The van der Waals surface area contributed by atoms with Gasteiger partial charge in [-0.05, 0) is 81.5 Å². The highest BCUT2D eigenvalue weighted by Gasteiger charge is 2.63. The summed E-state index contributed by atoms with van der Waals surface area (Å²) in [6.45, 7) is 7.93. The van der Waals surface area contributed by atoms with E-state index < -0.39 is 47.3 Å². The molecule has 3 aliphatic carbocycles. The summed E-state index contributed by atoms with van der Waals surface area (Å²) >= 11 is 0. The van der Waals surface area contributed by atoms with Gasteiger partial charge in [0.25, 0.3) is 11.8 Å². The second kappa shape index (κ2) is 12.8. The lowest BCUT2D eigenvalue weighted by molar-refractivity contribution is -0.958. The van der Waals surface area contributed by atoms with Gasteiger partial charge in [0.2, 0.25) is 5.91 Å². The molecule has 5 heterocycles. The molecular weight excluding hydrogens is 604 g/mol. The lowest BCUT2D eigenvalue weighted by Gasteiger charge is -2.56. The first-order valence-corrected chi connectivity index (χ1v) is 17.7. The van der Waals surface area contributed by atoms with Crippen LogP contribution in [0.4, 0.5) is 14.5 Å². The molecule has 0 spiro atoms. The summed E-state index contributed by atoms with van der Waals surface area (Å²) in [5.41, 5.74) is -1.64. The second-order valence-electron chi connectivity index (χ2n) is 15.6. The molecule has 5 aliphatic heterocycles. The quantitative estimate of drug-likeness (QED) is 0.327. The Labute approximate surface area is 277 Å². The number of halogens is 2. The van der Waals surface area contributed by atoms with Gasteiger partial charge in [-0.2, -0.15) is 0 Å². The van der Waals surface area contributed by atoms with Gasteiger partial charge in [0, 0.05) is 44.4 Å². The van der Waals surface area contributed by atoms with Gasteiger partial charge in [-0.3, -0.25) is 14.4 Å². The largest absolute Gasteiger partial charge is 0.341 e. The number of alkyl halides is 1. The molecule has 0 radical (unpaired) electrons. The number of piperazine rings is 1. The number of hydrogen-bond donors (Lipinski definition) is 2. The Balaban J connectivity index is 1.43. The number of likely N-dealkylation sites (N-methyl/N-ethyl adjacent to an activating group) is 2. The number of carbonyl (C=O) groups is 4. The zero-order chi connectivity index (χ0) is 33.8. The van der Waals surface area contributed by atoms with Crippen molar-refractivity contribution >= 4 is 29.7 Å². The number of amides is 3. The minimum absolute atomic E-state index is 0.00954. The maximum Gasteiger partial charge on any atom is 0.281 e. The third-order valence-electron chi connectivity index (χ3n) is 12.4. The normalized spacial score (nSPS) is 35.7. The maximum absolute atomic E-state index is 16.7. The van der Waals surface area contributed by atoms with E-state index in [1.165, 1.54) is 12.1 Å². The lowest BCUT2D eigenvalue weighted by Crippen LogP contribution is -2.74. The van der Waals surface area contributed by atoms with Gasteiger partial charge in [0.15, 0.2) is 11.7 Å². The highest BCUT2D eigenvalue weighted by Crippen LogP contribution is 2.52. The summed E-state index contributed by atoms with van der Waals surface area (Å²) in [5.74, 6) is -2.55. The summed E-state index contributed by atoms with van der Waals surface area (Å²) in [6, 6.07) is 2.64. The van der Waals surface area contributed by atoms with Gasteiger partial charge in [-0.25, -0.2) is 8.78 Å². The molecule has 4 bridgehead atoms. The number of carbonyl (C=O) groups excluding carboxylic acids is 4. The topological polar surface area (TPSA) is 98.8 Å². The molecule has 1 aromatic carbocycles. The predicted molar refractivity (Wildman–Crippen MR) is 175 cm³/mol. The average Bonchev–Trinajstić information content (AvgIpc) is 3.96. The fraction of sp³-hybridized carbons (Fsp3) is 0.722. The number of anilines is 1. The first-order valence-electron chi connectivity index (χ1n) is 17.7. The van der Waals surface area contributed by atoms with Crippen molar-refractivity contribution in [3.05, 3.63) is 29.6 Å². The van der Waals surface area contributed by atoms with E-state index >= 15 is 8.78 Å². The number of nitrogens with one attached hydrogen (secondary N) is 2. The van der Waals surface area contributed by atoms with Crippen LogP contribution in [0.3, 0.4) is 0 Å². The van der Waals surface area contributed by atoms with Crippen LogP contribution in [0.1, 0.15) is 77.2 Å². The zero-order valence-corrected chi connectivity index (χ0v) is 28.5. The highest BCUT2D eigenvalue weighted by atomic mass is 19.1. The summed E-state index contributed by atoms with van der Waals surface area (Å²) < 4.78 is 32.7. The Hall–Kier alpha value is -2.92. The number of aldehydes is 1. The summed E-state index contributed by atoms with van der Waals surface area (Å²) in [7, 11) is 3.94. The van der Waals surface area contributed by atoms with E-state index in [0.29, 0.717) is 38.2 Å². The van der Waals surface area contributed by atoms with Crippen LogP contribution in [-0.4, -0.2) is 108 Å². The Morgan fingerprint density at radius 3 is 2.34 bits per heavy atom. The molecule has 2 N–H and O–H groups in total. The monoisotopic (exact) mass is 656 g/mol. The van der Waals surface area contributed by atoms with Crippen molar-refractivity contribution in [3.63, 3.8) is 0 Å².